The van der Waals surface area contributed by atoms with Gasteiger partial charge in [-0.25, -0.2) is 13.2 Å². The Morgan fingerprint density at radius 1 is 1.32 bits per heavy atom. The molecule has 1 atom stereocenters. The Kier molecular flexibility index (Phi) is 4.53. The monoisotopic (exact) mass is 380 g/mol. The molecule has 0 saturated carbocycles. The van der Waals surface area contributed by atoms with Gasteiger partial charge in [-0.15, -0.1) is 11.3 Å². The summed E-state index contributed by atoms with van der Waals surface area (Å²) in [6.07, 6.45) is 0.00556. The van der Waals surface area contributed by atoms with Crippen molar-refractivity contribution in [3.05, 3.63) is 40.6 Å². The maximum Gasteiger partial charge on any atom is 0.349 e. The molecule has 0 bridgehead atoms. The fraction of sp³-hybridized carbons (Fsp3) is 0.250. The second kappa shape index (κ2) is 6.49. The van der Waals surface area contributed by atoms with Crippen LogP contribution in [-0.4, -0.2) is 33.4 Å². The predicted molar refractivity (Wildman–Crippen MR) is 94.5 cm³/mol. The fourth-order valence-electron chi connectivity index (χ4n) is 2.78. The first-order valence-corrected chi connectivity index (χ1v) is 9.77. The van der Waals surface area contributed by atoms with Crippen molar-refractivity contribution in [2.45, 2.75) is 24.3 Å². The number of nitrogens with one attached hydrogen (secondary N) is 1. The maximum absolute atomic E-state index is 13.3. The van der Waals surface area contributed by atoms with Gasteiger partial charge in [-0.05, 0) is 30.5 Å². The number of fused-ring (bicyclic) bond motifs is 1. The molecule has 2 aromatic rings. The van der Waals surface area contributed by atoms with Crippen LogP contribution in [0.4, 0.5) is 11.4 Å². The summed E-state index contributed by atoms with van der Waals surface area (Å²) in [4.78, 5) is 23.8. The Morgan fingerprint density at radius 2 is 2.04 bits per heavy atom. The van der Waals surface area contributed by atoms with Gasteiger partial charge in [0.15, 0.2) is 0 Å². The summed E-state index contributed by atoms with van der Waals surface area (Å²) in [5.74, 6) is -0.977. The number of amides is 1. The number of thiophene rings is 1. The van der Waals surface area contributed by atoms with Crippen LogP contribution in [0.1, 0.15) is 23.0 Å². The highest BCUT2D eigenvalue weighted by Crippen LogP contribution is 2.37. The Bertz CT molecular complexity index is 936. The third kappa shape index (κ3) is 3.00. The number of methoxy groups -OCH3 is 1. The van der Waals surface area contributed by atoms with Crippen LogP contribution in [0.15, 0.2) is 40.6 Å². The molecule has 1 amide bonds. The van der Waals surface area contributed by atoms with Gasteiger partial charge in [0.2, 0.25) is 5.91 Å². The number of anilines is 2. The summed E-state index contributed by atoms with van der Waals surface area (Å²) < 4.78 is 32.5. The summed E-state index contributed by atoms with van der Waals surface area (Å²) in [6, 6.07) is 7.44. The van der Waals surface area contributed by atoms with E-state index in [0.717, 1.165) is 11.3 Å². The molecule has 132 valence electrons. The van der Waals surface area contributed by atoms with Crippen molar-refractivity contribution >= 4 is 44.6 Å². The summed E-state index contributed by atoms with van der Waals surface area (Å²) in [5, 5.41) is 4.24. The van der Waals surface area contributed by atoms with Crippen LogP contribution < -0.4 is 9.62 Å². The molecule has 1 aliphatic rings. The lowest BCUT2D eigenvalue weighted by molar-refractivity contribution is -0.116. The predicted octanol–water partition coefficient (Wildman–Crippen LogP) is 2.46. The molecule has 1 aromatic heterocycles. The molecule has 0 saturated heterocycles. The molecule has 0 radical (unpaired) electrons. The van der Waals surface area contributed by atoms with Crippen LogP contribution in [0.2, 0.25) is 0 Å². The summed E-state index contributed by atoms with van der Waals surface area (Å²) >= 11 is 0.998. The number of nitrogens with zero attached hydrogens (tertiary/aromatic N) is 1. The zero-order chi connectivity index (χ0) is 18.2. The summed E-state index contributed by atoms with van der Waals surface area (Å²) in [5.41, 5.74) is 0.776. The van der Waals surface area contributed by atoms with Gasteiger partial charge < -0.3 is 10.1 Å². The minimum atomic E-state index is -4.06. The van der Waals surface area contributed by atoms with Crippen molar-refractivity contribution in [3.63, 3.8) is 0 Å². The molecule has 1 N–H and O–H groups in total. The number of ether oxygens (including phenoxy) is 1. The summed E-state index contributed by atoms with van der Waals surface area (Å²) in [6.45, 7) is 1.66. The first-order chi connectivity index (χ1) is 11.9. The van der Waals surface area contributed by atoms with E-state index < -0.39 is 22.0 Å². The Balaban J connectivity index is 2.18. The number of esters is 1. The number of para-hydroxylation sites is 2. The Labute approximate surface area is 149 Å². The lowest BCUT2D eigenvalue weighted by Crippen LogP contribution is -2.39. The number of rotatable bonds is 3. The topological polar surface area (TPSA) is 92.8 Å². The molecule has 25 heavy (non-hydrogen) atoms. The number of carbonyl (C=O) groups is 2. The van der Waals surface area contributed by atoms with E-state index in [1.165, 1.54) is 22.9 Å². The molecule has 7 nitrogen and oxygen atoms in total. The molecule has 1 aliphatic heterocycles. The zero-order valence-electron chi connectivity index (χ0n) is 13.6. The van der Waals surface area contributed by atoms with Crippen molar-refractivity contribution in [1.82, 2.24) is 0 Å². The van der Waals surface area contributed by atoms with Crippen LogP contribution >= 0.6 is 11.3 Å². The number of hydrogen-bond acceptors (Lipinski definition) is 6. The van der Waals surface area contributed by atoms with Crippen LogP contribution in [0.3, 0.4) is 0 Å². The average molecular weight is 380 g/mol. The first kappa shape index (κ1) is 17.4. The second-order valence-electron chi connectivity index (χ2n) is 5.52. The number of hydrogen-bond donors (Lipinski definition) is 1. The number of benzene rings is 1. The second-order valence-corrected chi connectivity index (χ2v) is 8.22. The lowest BCUT2D eigenvalue weighted by Gasteiger charge is -2.29. The van der Waals surface area contributed by atoms with Gasteiger partial charge in [0, 0.05) is 6.42 Å². The molecule has 0 spiro atoms. The molecule has 2 heterocycles. The third-order valence-corrected chi connectivity index (χ3v) is 6.83. The molecular formula is C16H16N2O5S2. The highest BCUT2D eigenvalue weighted by atomic mass is 32.2. The lowest BCUT2D eigenvalue weighted by atomic mass is 10.2. The van der Waals surface area contributed by atoms with E-state index in [4.69, 9.17) is 0 Å². The standard InChI is InChI=1S/C16H16N2O5S2/c1-10-9-14(19)17-11-5-3-4-6-12(11)18(10)25(21,22)13-7-8-24-15(13)16(20)23-2/h3-8,10H,9H2,1-2H3,(H,17,19)/t10-/m0/s1. The van der Waals surface area contributed by atoms with Gasteiger partial charge in [0.25, 0.3) is 10.0 Å². The Hall–Kier alpha value is -2.39. The van der Waals surface area contributed by atoms with Crippen LogP contribution in [0, 0.1) is 0 Å². The molecule has 9 heteroatoms. The molecule has 0 unspecified atom stereocenters. The number of carbonyl (C=O) groups excluding carboxylic acids is 2. The van der Waals surface area contributed by atoms with Gasteiger partial charge >= 0.3 is 5.97 Å². The van der Waals surface area contributed by atoms with Gasteiger partial charge in [-0.2, -0.15) is 0 Å². The molecule has 3 rings (SSSR count). The minimum absolute atomic E-state index is 0.00556. The van der Waals surface area contributed by atoms with E-state index in [1.807, 2.05) is 0 Å². The van der Waals surface area contributed by atoms with Gasteiger partial charge in [0.05, 0.1) is 24.5 Å². The first-order valence-electron chi connectivity index (χ1n) is 7.45. The Morgan fingerprint density at radius 3 is 2.76 bits per heavy atom. The van der Waals surface area contributed by atoms with Crippen molar-refractivity contribution < 1.29 is 22.7 Å². The SMILES string of the molecule is COC(=O)c1sccc1S(=O)(=O)N1c2ccccc2NC(=O)C[C@@H]1C. The van der Waals surface area contributed by atoms with Crippen molar-refractivity contribution in [1.29, 1.82) is 0 Å². The third-order valence-electron chi connectivity index (χ3n) is 3.83. The highest BCUT2D eigenvalue weighted by Gasteiger charge is 2.37. The number of sulfonamides is 1. The summed E-state index contributed by atoms with van der Waals surface area (Å²) in [7, 11) is -2.86. The van der Waals surface area contributed by atoms with E-state index in [0.29, 0.717) is 11.4 Å². The van der Waals surface area contributed by atoms with E-state index in [-0.39, 0.29) is 22.1 Å². The molecule has 0 aliphatic carbocycles. The smallest absolute Gasteiger partial charge is 0.349 e. The van der Waals surface area contributed by atoms with Crippen molar-refractivity contribution in [2.24, 2.45) is 0 Å². The molecule has 1 aromatic carbocycles. The van der Waals surface area contributed by atoms with Crippen LogP contribution in [0.5, 0.6) is 0 Å². The minimum Gasteiger partial charge on any atom is -0.465 e. The van der Waals surface area contributed by atoms with E-state index in [2.05, 4.69) is 10.1 Å². The molecule has 0 fully saturated rings. The van der Waals surface area contributed by atoms with Crippen molar-refractivity contribution in [3.8, 4) is 0 Å². The average Bonchev–Trinajstić information content (AvgIpc) is 3.01. The highest BCUT2D eigenvalue weighted by molar-refractivity contribution is 7.93. The van der Waals surface area contributed by atoms with Crippen molar-refractivity contribution in [2.75, 3.05) is 16.7 Å². The van der Waals surface area contributed by atoms with E-state index in [1.54, 1.807) is 31.2 Å². The fourth-order valence-corrected chi connectivity index (χ4v) is 5.76. The van der Waals surface area contributed by atoms with Crippen LogP contribution in [0.25, 0.3) is 0 Å². The zero-order valence-corrected chi connectivity index (χ0v) is 15.2. The van der Waals surface area contributed by atoms with Gasteiger partial charge in [-0.1, -0.05) is 12.1 Å². The van der Waals surface area contributed by atoms with Gasteiger partial charge in [-0.3, -0.25) is 9.10 Å². The van der Waals surface area contributed by atoms with E-state index in [9.17, 15) is 18.0 Å². The van der Waals surface area contributed by atoms with Gasteiger partial charge in [0.1, 0.15) is 9.77 Å². The van der Waals surface area contributed by atoms with E-state index >= 15 is 0 Å². The largest absolute Gasteiger partial charge is 0.465 e. The molecular weight excluding hydrogens is 364 g/mol. The normalized spacial score (nSPS) is 17.4. The maximum atomic E-state index is 13.3. The van der Waals surface area contributed by atoms with Crippen LogP contribution in [-0.2, 0) is 19.6 Å². The quantitative estimate of drug-likeness (QED) is 0.826.